The summed E-state index contributed by atoms with van der Waals surface area (Å²) in [4.78, 5) is 5.21. The van der Waals surface area contributed by atoms with Gasteiger partial charge in [0.15, 0.2) is 5.13 Å². The van der Waals surface area contributed by atoms with Crippen LogP contribution in [0.25, 0.3) is 0 Å². The summed E-state index contributed by atoms with van der Waals surface area (Å²) in [5, 5.41) is 11.1. The smallest absolute Gasteiger partial charge is 0.192 e. The first-order valence-corrected chi connectivity index (χ1v) is 9.06. The van der Waals surface area contributed by atoms with Gasteiger partial charge in [-0.25, -0.2) is 4.98 Å². The molecule has 0 bridgehead atoms. The second kappa shape index (κ2) is 7.25. The zero-order chi connectivity index (χ0) is 16.2. The van der Waals surface area contributed by atoms with Crippen molar-refractivity contribution in [3.63, 3.8) is 0 Å². The molecule has 1 atom stereocenters. The van der Waals surface area contributed by atoms with Gasteiger partial charge in [-0.2, -0.15) is 5.10 Å². The Morgan fingerprint density at radius 2 is 2.26 bits per heavy atom. The quantitative estimate of drug-likeness (QED) is 0.613. The fourth-order valence-electron chi connectivity index (χ4n) is 2.03. The molecule has 0 amide bonds. The first kappa shape index (κ1) is 16.2. The maximum absolute atomic E-state index is 6.39. The Bertz CT molecular complexity index is 772. The summed E-state index contributed by atoms with van der Waals surface area (Å²) in [6.07, 6.45) is 5.62. The molecule has 0 aliphatic heterocycles. The lowest BCUT2D eigenvalue weighted by Gasteiger charge is -2.15. The molecule has 0 aliphatic rings. The van der Waals surface area contributed by atoms with Crippen LogP contribution >= 0.6 is 34.9 Å². The van der Waals surface area contributed by atoms with Crippen molar-refractivity contribution in [3.05, 3.63) is 52.8 Å². The van der Waals surface area contributed by atoms with Crippen LogP contribution < -0.4 is 10.0 Å². The van der Waals surface area contributed by atoms with E-state index in [4.69, 9.17) is 11.6 Å². The van der Waals surface area contributed by atoms with Crippen molar-refractivity contribution in [2.45, 2.75) is 17.9 Å². The minimum atomic E-state index is 0.133. The number of nitrogens with zero attached hydrogens (tertiary/aromatic N) is 3. The van der Waals surface area contributed by atoms with Crippen LogP contribution in [0.4, 0.5) is 10.8 Å². The van der Waals surface area contributed by atoms with Crippen LogP contribution in [0.1, 0.15) is 18.5 Å². The summed E-state index contributed by atoms with van der Waals surface area (Å²) in [6.45, 7) is 2.08. The lowest BCUT2D eigenvalue weighted by atomic mass is 10.2. The van der Waals surface area contributed by atoms with Gasteiger partial charge in [0.1, 0.15) is 0 Å². The van der Waals surface area contributed by atoms with Crippen molar-refractivity contribution >= 4 is 45.7 Å². The Hall–Kier alpha value is -1.70. The van der Waals surface area contributed by atoms with Gasteiger partial charge < -0.3 is 10.0 Å². The van der Waals surface area contributed by atoms with Crippen LogP contribution in [0.5, 0.6) is 0 Å². The predicted octanol–water partition coefficient (Wildman–Crippen LogP) is 4.82. The van der Waals surface area contributed by atoms with E-state index in [1.807, 2.05) is 43.0 Å². The number of aromatic nitrogens is 3. The minimum Gasteiger partial charge on any atom is -0.377 e. The van der Waals surface area contributed by atoms with Crippen LogP contribution in [0.2, 0.25) is 5.02 Å². The maximum atomic E-state index is 6.39. The first-order valence-electron chi connectivity index (χ1n) is 6.99. The molecule has 2 N–H and O–H groups in total. The fourth-order valence-corrected chi connectivity index (χ4v) is 3.59. The zero-order valence-corrected chi connectivity index (χ0v) is 15.0. The molecular weight excluding hydrogens is 350 g/mol. The Morgan fingerprint density at radius 1 is 1.39 bits per heavy atom. The summed E-state index contributed by atoms with van der Waals surface area (Å²) in [5.41, 5.74) is 2.02. The van der Waals surface area contributed by atoms with E-state index in [9.17, 15) is 0 Å². The highest BCUT2D eigenvalue weighted by Gasteiger charge is 2.10. The molecule has 8 heteroatoms. The van der Waals surface area contributed by atoms with Gasteiger partial charge in [-0.1, -0.05) is 11.6 Å². The molecule has 1 unspecified atom stereocenters. The van der Waals surface area contributed by atoms with Gasteiger partial charge >= 0.3 is 0 Å². The molecule has 0 aliphatic carbocycles. The van der Waals surface area contributed by atoms with Gasteiger partial charge in [-0.05, 0) is 37.1 Å². The maximum Gasteiger partial charge on any atom is 0.192 e. The average molecular weight is 366 g/mol. The third kappa shape index (κ3) is 4.19. The van der Waals surface area contributed by atoms with Crippen molar-refractivity contribution in [1.29, 1.82) is 0 Å². The van der Waals surface area contributed by atoms with E-state index in [-0.39, 0.29) is 6.04 Å². The van der Waals surface area contributed by atoms with Gasteiger partial charge in [0.2, 0.25) is 0 Å². The van der Waals surface area contributed by atoms with Gasteiger partial charge in [-0.3, -0.25) is 4.68 Å². The Kier molecular flexibility index (Phi) is 5.09. The number of anilines is 2. The van der Waals surface area contributed by atoms with Crippen LogP contribution in [0.15, 0.2) is 47.1 Å². The molecule has 3 rings (SSSR count). The molecule has 5 nitrogen and oxygen atoms in total. The van der Waals surface area contributed by atoms with Gasteiger partial charge in [-0.15, -0.1) is 11.3 Å². The SMILES string of the molecule is CC(Nc1ccc(SNc2nccs2)cc1Cl)c1cnn(C)c1. The molecule has 23 heavy (non-hydrogen) atoms. The topological polar surface area (TPSA) is 54.8 Å². The summed E-state index contributed by atoms with van der Waals surface area (Å²) in [7, 11) is 1.91. The number of nitrogens with one attached hydrogen (secondary N) is 2. The molecule has 0 spiro atoms. The Morgan fingerprint density at radius 3 is 2.91 bits per heavy atom. The van der Waals surface area contributed by atoms with E-state index < -0.39 is 0 Å². The standard InChI is InChI=1S/C15H16ClN5S2/c1-10(11-8-18-21(2)9-11)19-14-4-3-12(7-13(14)16)23-20-15-17-5-6-22-15/h3-10,19H,1-2H3,(H,17,20). The number of hydrogen-bond acceptors (Lipinski definition) is 6. The molecular formula is C15H16ClN5S2. The lowest BCUT2D eigenvalue weighted by Crippen LogP contribution is -2.06. The molecule has 0 fully saturated rings. The van der Waals surface area contributed by atoms with Crippen molar-refractivity contribution in [2.75, 3.05) is 10.0 Å². The number of rotatable bonds is 6. The second-order valence-electron chi connectivity index (χ2n) is 5.00. The zero-order valence-electron chi connectivity index (χ0n) is 12.7. The minimum absolute atomic E-state index is 0.133. The number of thiazole rings is 1. The van der Waals surface area contributed by atoms with Crippen LogP contribution in [0.3, 0.4) is 0 Å². The summed E-state index contributed by atoms with van der Waals surface area (Å²) in [6, 6.07) is 6.08. The highest BCUT2D eigenvalue weighted by molar-refractivity contribution is 8.00. The third-order valence-corrected chi connectivity index (χ3v) is 5.14. The van der Waals surface area contributed by atoms with Crippen LogP contribution in [-0.2, 0) is 7.05 Å². The fraction of sp³-hybridized carbons (Fsp3) is 0.200. The van der Waals surface area contributed by atoms with E-state index in [0.29, 0.717) is 5.02 Å². The second-order valence-corrected chi connectivity index (χ2v) is 7.18. The molecule has 0 saturated heterocycles. The molecule has 120 valence electrons. The summed E-state index contributed by atoms with van der Waals surface area (Å²) < 4.78 is 4.98. The van der Waals surface area contributed by atoms with Crippen LogP contribution in [0, 0.1) is 0 Å². The van der Waals surface area contributed by atoms with Gasteiger partial charge in [0.05, 0.1) is 22.9 Å². The van der Waals surface area contributed by atoms with E-state index in [1.54, 1.807) is 22.2 Å². The van der Waals surface area contributed by atoms with E-state index in [0.717, 1.165) is 21.3 Å². The van der Waals surface area contributed by atoms with Crippen molar-refractivity contribution in [3.8, 4) is 0 Å². The normalized spacial score (nSPS) is 12.1. The lowest BCUT2D eigenvalue weighted by molar-refractivity contribution is 0.765. The first-order chi connectivity index (χ1) is 11.1. The van der Waals surface area contributed by atoms with E-state index >= 15 is 0 Å². The molecule has 3 aromatic rings. The highest BCUT2D eigenvalue weighted by Crippen LogP contribution is 2.31. The van der Waals surface area contributed by atoms with Gasteiger partial charge in [0, 0.05) is 35.3 Å². The van der Waals surface area contributed by atoms with Crippen molar-refractivity contribution in [2.24, 2.45) is 7.05 Å². The Balaban J connectivity index is 1.64. The predicted molar refractivity (Wildman–Crippen MR) is 98.3 cm³/mol. The number of benzene rings is 1. The van der Waals surface area contributed by atoms with Crippen molar-refractivity contribution in [1.82, 2.24) is 14.8 Å². The summed E-state index contributed by atoms with van der Waals surface area (Å²) in [5.74, 6) is 0. The van der Waals surface area contributed by atoms with E-state index in [1.165, 1.54) is 11.9 Å². The number of aryl methyl sites for hydroxylation is 1. The molecule has 1 aromatic carbocycles. The third-order valence-electron chi connectivity index (χ3n) is 3.23. The van der Waals surface area contributed by atoms with Gasteiger partial charge in [0.25, 0.3) is 0 Å². The monoisotopic (exact) mass is 365 g/mol. The highest BCUT2D eigenvalue weighted by atomic mass is 35.5. The molecule has 0 saturated carbocycles. The van der Waals surface area contributed by atoms with Crippen molar-refractivity contribution < 1.29 is 0 Å². The number of hydrogen-bond donors (Lipinski definition) is 2. The molecule has 2 aromatic heterocycles. The van der Waals surface area contributed by atoms with E-state index in [2.05, 4.69) is 27.0 Å². The molecule has 0 radical (unpaired) electrons. The average Bonchev–Trinajstić information content (AvgIpc) is 3.19. The molecule has 2 heterocycles. The Labute approximate surface area is 148 Å². The largest absolute Gasteiger partial charge is 0.377 e. The number of halogens is 1. The summed E-state index contributed by atoms with van der Waals surface area (Å²) >= 11 is 9.44. The van der Waals surface area contributed by atoms with Crippen LogP contribution in [-0.4, -0.2) is 14.8 Å².